The van der Waals surface area contributed by atoms with Crippen LogP contribution >= 0.6 is 20.0 Å². The number of aromatic amines is 1. The number of benzene rings is 1. The van der Waals surface area contributed by atoms with Crippen LogP contribution < -0.4 is 10.2 Å². The molecule has 5 atom stereocenters. The lowest BCUT2D eigenvalue weighted by molar-refractivity contribution is -0.205. The number of fused-ring (bicyclic) bond motifs is 1. The Morgan fingerprint density at radius 2 is 1.90 bits per heavy atom. The summed E-state index contributed by atoms with van der Waals surface area (Å²) in [6, 6.07) is 1.55. The van der Waals surface area contributed by atoms with E-state index in [1.807, 2.05) is 0 Å². The van der Waals surface area contributed by atoms with Gasteiger partial charge in [-0.1, -0.05) is 53.8 Å². The van der Waals surface area contributed by atoms with Crippen LogP contribution in [-0.2, 0) is 42.4 Å². The van der Waals surface area contributed by atoms with E-state index in [4.69, 9.17) is 33.3 Å². The van der Waals surface area contributed by atoms with Crippen molar-refractivity contribution in [2.24, 2.45) is 0 Å². The van der Waals surface area contributed by atoms with Gasteiger partial charge in [-0.3, -0.25) is 18.6 Å². The van der Waals surface area contributed by atoms with E-state index in [2.05, 4.69) is 4.98 Å². The fraction of sp³-hybridized carbons (Fsp3) is 0.600. The molecule has 3 heterocycles. The third kappa shape index (κ3) is 5.56. The van der Waals surface area contributed by atoms with Gasteiger partial charge in [0.1, 0.15) is 35.0 Å². The zero-order valence-corrected chi connectivity index (χ0v) is 24.4. The van der Waals surface area contributed by atoms with Gasteiger partial charge in [-0.25, -0.2) is 18.1 Å². The summed E-state index contributed by atoms with van der Waals surface area (Å²) in [6.07, 6.45) is -6.05. The van der Waals surface area contributed by atoms with E-state index in [9.17, 15) is 24.7 Å². The van der Waals surface area contributed by atoms with Crippen molar-refractivity contribution >= 4 is 20.0 Å². The summed E-state index contributed by atoms with van der Waals surface area (Å²) in [5, 5.41) is 30.5. The molecule has 1 aromatic heterocycles. The van der Waals surface area contributed by atoms with Crippen molar-refractivity contribution in [2.45, 2.75) is 89.9 Å². The molecule has 2 aliphatic rings. The summed E-state index contributed by atoms with van der Waals surface area (Å²) >= 11 is 4.91. The highest BCUT2D eigenvalue weighted by atomic mass is 32.1. The number of phosphoric ester groups is 1. The minimum absolute atomic E-state index is 0.0193. The second-order valence-corrected chi connectivity index (χ2v) is 13.6. The summed E-state index contributed by atoms with van der Waals surface area (Å²) < 4.78 is 82.8. The van der Waals surface area contributed by atoms with Gasteiger partial charge in [-0.05, 0) is 22.5 Å². The highest BCUT2D eigenvalue weighted by Gasteiger charge is 2.58. The van der Waals surface area contributed by atoms with Crippen molar-refractivity contribution in [3.63, 3.8) is 0 Å². The summed E-state index contributed by atoms with van der Waals surface area (Å²) in [5.74, 6) is -4.85. The first kappa shape index (κ1) is 28.1. The number of hydrogen-bond donors (Lipinski definition) is 4. The van der Waals surface area contributed by atoms with Gasteiger partial charge in [0.25, 0.3) is 5.85 Å². The quantitative estimate of drug-likeness (QED) is 0.292. The molecule has 0 bridgehead atoms. The molecule has 4 N–H and O–H groups in total. The number of hydrogen-bond acceptors (Lipinski definition) is 10. The van der Waals surface area contributed by atoms with Crippen LogP contribution in [0.4, 0.5) is 8.78 Å². The van der Waals surface area contributed by atoms with Crippen LogP contribution in [0.25, 0.3) is 0 Å². The summed E-state index contributed by atoms with van der Waals surface area (Å²) in [7, 11) is -5.08. The van der Waals surface area contributed by atoms with Crippen molar-refractivity contribution in [3.05, 3.63) is 55.5 Å². The smallest absolute Gasteiger partial charge is 0.403 e. The largest absolute Gasteiger partial charge is 0.530 e. The predicted molar refractivity (Wildman–Crippen MR) is 141 cm³/mol. The first-order valence-electron chi connectivity index (χ1n) is 13.3. The van der Waals surface area contributed by atoms with Gasteiger partial charge in [-0.2, -0.15) is 0 Å². The van der Waals surface area contributed by atoms with E-state index in [0.717, 1.165) is 6.20 Å². The monoisotopic (exact) mass is 608 g/mol. The van der Waals surface area contributed by atoms with Gasteiger partial charge in [0.2, 0.25) is 0 Å². The van der Waals surface area contributed by atoms with E-state index in [0.29, 0.717) is 15.7 Å². The second-order valence-electron chi connectivity index (χ2n) is 11.7. The number of ether oxygens (including phenoxy) is 1. The molecule has 0 amide bonds. The highest BCUT2D eigenvalue weighted by Crippen LogP contribution is 2.58. The molecule has 0 radical (unpaired) electrons. The van der Waals surface area contributed by atoms with E-state index in [-0.39, 0.29) is 21.5 Å². The molecular weight excluding hydrogens is 573 g/mol. The maximum atomic E-state index is 16.2. The molecule has 4 rings (SSSR count). The van der Waals surface area contributed by atoms with E-state index >= 15 is 8.78 Å². The highest BCUT2D eigenvalue weighted by molar-refractivity contribution is 7.71. The van der Waals surface area contributed by atoms with Crippen molar-refractivity contribution in [1.29, 1.82) is 0 Å². The Labute approximate surface area is 237 Å². The standard InChI is InChI=1S/C25H33F2N2O9PS/c1-23(2,3)14-7-15(24(4,5)6)18-13(16(14)26)10-35-39(34,38-18)36-11-25(27)19(32)17(31)21(37-25)29-8-12(9-30)20(40)28-22(29)33/h7-8,17,19,21,30-32H,9-11H2,1-6H3,(H,28,33,40)/t17-,19+,21-,25-,39?/m1/s1/i11D2. The van der Waals surface area contributed by atoms with Gasteiger partial charge in [0.05, 0.1) is 21.5 Å². The van der Waals surface area contributed by atoms with Crippen LogP contribution in [0.5, 0.6) is 5.75 Å². The van der Waals surface area contributed by atoms with Gasteiger partial charge in [-0.15, -0.1) is 0 Å². The predicted octanol–water partition coefficient (Wildman–Crippen LogP) is 3.78. The molecule has 1 saturated heterocycles. The minimum atomic E-state index is -5.08. The second kappa shape index (κ2) is 10.4. The first-order valence-corrected chi connectivity index (χ1v) is 14.1. The number of H-pyrrole nitrogens is 1. The molecule has 2 aromatic rings. The fourth-order valence-corrected chi connectivity index (χ4v) is 5.61. The molecule has 15 heteroatoms. The lowest BCUT2D eigenvalue weighted by Crippen LogP contribution is -2.43. The van der Waals surface area contributed by atoms with Crippen molar-refractivity contribution in [3.8, 4) is 5.75 Å². The zero-order chi connectivity index (χ0) is 31.8. The van der Waals surface area contributed by atoms with Gasteiger partial charge in [0.15, 0.2) is 6.23 Å². The number of rotatable bonds is 5. The molecule has 1 unspecified atom stereocenters. The molecule has 0 aliphatic carbocycles. The number of nitrogens with one attached hydrogen (secondary N) is 1. The number of alkyl halides is 1. The van der Waals surface area contributed by atoms with Crippen LogP contribution in [0.1, 0.15) is 72.8 Å². The average Bonchev–Trinajstić information content (AvgIpc) is 3.07. The molecule has 0 saturated carbocycles. The first-order chi connectivity index (χ1) is 19.1. The van der Waals surface area contributed by atoms with Crippen molar-refractivity contribution in [2.75, 3.05) is 6.56 Å². The number of aromatic nitrogens is 2. The molecule has 40 heavy (non-hydrogen) atoms. The van der Waals surface area contributed by atoms with E-state index < -0.39 is 74.2 Å². The minimum Gasteiger partial charge on any atom is -0.403 e. The van der Waals surface area contributed by atoms with Gasteiger partial charge >= 0.3 is 13.5 Å². The molecule has 222 valence electrons. The maximum Gasteiger partial charge on any atom is 0.530 e. The Morgan fingerprint density at radius 1 is 1.27 bits per heavy atom. The van der Waals surface area contributed by atoms with E-state index in [1.54, 1.807) is 47.6 Å². The Morgan fingerprint density at radius 3 is 2.48 bits per heavy atom. The molecule has 1 aromatic carbocycles. The summed E-state index contributed by atoms with van der Waals surface area (Å²) in [5.41, 5.74) is -1.74. The van der Waals surface area contributed by atoms with Gasteiger partial charge in [0, 0.05) is 17.3 Å². The topological polar surface area (TPSA) is 152 Å². The molecule has 1 fully saturated rings. The Bertz CT molecular complexity index is 1570. The lowest BCUT2D eigenvalue weighted by atomic mass is 9.78. The number of aliphatic hydroxyl groups is 3. The lowest BCUT2D eigenvalue weighted by Gasteiger charge is -2.34. The number of aliphatic hydroxyl groups excluding tert-OH is 3. The Balaban J connectivity index is 1.71. The Kier molecular flexibility index (Phi) is 7.28. The normalized spacial score (nSPS) is 29.9. The Hall–Kier alpha value is -2.03. The van der Waals surface area contributed by atoms with Crippen molar-refractivity contribution in [1.82, 2.24) is 9.55 Å². The van der Waals surface area contributed by atoms with Gasteiger partial charge < -0.3 is 24.6 Å². The molecule has 2 aliphatic heterocycles. The summed E-state index contributed by atoms with van der Waals surface area (Å²) in [6.45, 7) is 5.59. The van der Waals surface area contributed by atoms with Crippen LogP contribution in [0.2, 0.25) is 0 Å². The number of halogens is 2. The number of nitrogens with zero attached hydrogens (tertiary/aromatic N) is 1. The fourth-order valence-electron chi connectivity index (χ4n) is 4.30. The van der Waals surface area contributed by atoms with E-state index in [1.165, 1.54) is 0 Å². The third-order valence-electron chi connectivity index (χ3n) is 6.57. The zero-order valence-electron chi connectivity index (χ0n) is 24.7. The van der Waals surface area contributed by atoms with Crippen molar-refractivity contribution < 1.29 is 49.7 Å². The summed E-state index contributed by atoms with van der Waals surface area (Å²) in [4.78, 5) is 14.6. The third-order valence-corrected chi connectivity index (χ3v) is 8.10. The molecular formula is C25H33F2N2O9PS. The molecule has 0 spiro atoms. The molecule has 11 nitrogen and oxygen atoms in total. The average molecular weight is 609 g/mol. The number of phosphoric acid groups is 1. The van der Waals surface area contributed by atoms with Crippen LogP contribution in [-0.4, -0.2) is 49.5 Å². The van der Waals surface area contributed by atoms with Crippen LogP contribution in [0.15, 0.2) is 17.1 Å². The maximum absolute atomic E-state index is 16.2. The van der Waals surface area contributed by atoms with Crippen LogP contribution in [0, 0.1) is 10.5 Å². The SMILES string of the molecule is [2H]C([2H])(OP1(=O)OCc2c(F)c(C(C)(C)C)cc(C(C)(C)C)c2O1)[C@@]1(F)O[C@@H](n2cc(CO)c(=S)[nH]c2=O)[C@H](O)[C@@H]1O. The van der Waals surface area contributed by atoms with Crippen LogP contribution in [0.3, 0.4) is 0 Å².